The number of halogens is 2. The van der Waals surface area contributed by atoms with Gasteiger partial charge in [-0.2, -0.15) is 8.42 Å². The van der Waals surface area contributed by atoms with Gasteiger partial charge in [0.15, 0.2) is 10.2 Å². The van der Waals surface area contributed by atoms with Crippen molar-refractivity contribution < 1.29 is 30.7 Å². The summed E-state index contributed by atoms with van der Waals surface area (Å²) < 4.78 is 72.6. The summed E-state index contributed by atoms with van der Waals surface area (Å²) in [6, 6.07) is 5.84. The zero-order valence-corrected chi connectivity index (χ0v) is 14.4. The topological polar surface area (TPSA) is 158 Å². The largest absolute Gasteiger partial charge is 0.301 e. The molecule has 0 heterocycles. The van der Waals surface area contributed by atoms with E-state index in [1.165, 1.54) is 18.2 Å². The molecule has 0 bridgehead atoms. The summed E-state index contributed by atoms with van der Waals surface area (Å²) in [5.74, 6) is 0. The molecule has 0 fully saturated rings. The van der Waals surface area contributed by atoms with Gasteiger partial charge < -0.3 is 0 Å². The first-order valence-electron chi connectivity index (χ1n) is 6.31. The highest BCUT2D eigenvalue weighted by Crippen LogP contribution is 2.50. The summed E-state index contributed by atoms with van der Waals surface area (Å²) in [7, 11) is -10.4. The number of allylic oxidation sites excluding steroid dienone is 2. The van der Waals surface area contributed by atoms with E-state index in [-0.39, 0.29) is 0 Å². The molecule has 1 aromatic carbocycles. The summed E-state index contributed by atoms with van der Waals surface area (Å²) >= 11 is 5.70. The summed E-state index contributed by atoms with van der Waals surface area (Å²) in [5, 5.41) is 12.7. The van der Waals surface area contributed by atoms with E-state index in [2.05, 4.69) is 0 Å². The van der Waals surface area contributed by atoms with Crippen LogP contribution in [0.5, 0.6) is 0 Å². The average molecular weight is 413 g/mol. The van der Waals surface area contributed by atoms with Crippen LogP contribution in [0.1, 0.15) is 5.56 Å². The van der Waals surface area contributed by atoms with Gasteiger partial charge in [0.2, 0.25) is 15.7 Å². The van der Waals surface area contributed by atoms with Gasteiger partial charge in [-0.05, 0) is 5.56 Å². The van der Waals surface area contributed by atoms with Crippen LogP contribution in [-0.2, 0) is 25.8 Å². The van der Waals surface area contributed by atoms with Crippen molar-refractivity contribution in [3.05, 3.63) is 67.7 Å². The molecule has 1 aliphatic rings. The van der Waals surface area contributed by atoms with Crippen LogP contribution in [0, 0.1) is 10.1 Å². The fourth-order valence-electron chi connectivity index (χ4n) is 2.57. The molecule has 0 amide bonds. The minimum absolute atomic E-state index is 0.334. The number of benzene rings is 1. The van der Waals surface area contributed by atoms with Gasteiger partial charge in [0, 0.05) is 11.1 Å². The fourth-order valence-corrected chi connectivity index (χ4v) is 5.37. The van der Waals surface area contributed by atoms with E-state index in [0.717, 1.165) is 12.1 Å². The number of alkyl halides is 1. The predicted octanol–water partition coefficient (Wildman–Crippen LogP) is 1.02. The second kappa shape index (κ2) is 6.14. The van der Waals surface area contributed by atoms with Crippen molar-refractivity contribution in [3.63, 3.8) is 0 Å². The smallest absolute Gasteiger partial charge is 0.282 e. The zero-order valence-electron chi connectivity index (χ0n) is 12.0. The molecular formula is C12H10ClFN2O7S2. The number of nitro groups is 1. The highest BCUT2D eigenvalue weighted by atomic mass is 35.5. The third kappa shape index (κ3) is 3.30. The van der Waals surface area contributed by atoms with Gasteiger partial charge in [-0.15, -0.1) is 0 Å². The van der Waals surface area contributed by atoms with Crippen LogP contribution in [0.15, 0.2) is 52.0 Å². The Hall–Kier alpha value is -1.86. The number of rotatable bonds is 4. The molecule has 13 heteroatoms. The number of nitrogens with two attached hydrogens (primary N) is 1. The van der Waals surface area contributed by atoms with Crippen molar-refractivity contribution >= 4 is 31.7 Å². The molecule has 0 saturated heterocycles. The van der Waals surface area contributed by atoms with Gasteiger partial charge in [-0.25, -0.2) is 17.9 Å². The van der Waals surface area contributed by atoms with Crippen molar-refractivity contribution in [2.75, 3.05) is 0 Å². The molecule has 25 heavy (non-hydrogen) atoms. The second-order valence-electron chi connectivity index (χ2n) is 5.02. The van der Waals surface area contributed by atoms with Crippen molar-refractivity contribution in [1.29, 1.82) is 0 Å². The van der Waals surface area contributed by atoms with E-state index in [0.29, 0.717) is 6.08 Å². The quantitative estimate of drug-likeness (QED) is 0.424. The number of primary sulfonamides is 1. The van der Waals surface area contributed by atoms with E-state index >= 15 is 4.39 Å². The third-order valence-electron chi connectivity index (χ3n) is 3.43. The molecule has 1 aromatic rings. The monoisotopic (exact) mass is 412 g/mol. The highest BCUT2D eigenvalue weighted by molar-refractivity contribution is 7.91. The maximum Gasteiger partial charge on any atom is 0.301 e. The van der Waals surface area contributed by atoms with E-state index in [1.807, 2.05) is 0 Å². The molecule has 0 aromatic heterocycles. The fraction of sp³-hybridized carbons (Fsp3) is 0.167. The first-order valence-corrected chi connectivity index (χ1v) is 9.73. The molecule has 2 atom stereocenters. The van der Waals surface area contributed by atoms with Gasteiger partial charge in [0.1, 0.15) is 0 Å². The lowest BCUT2D eigenvalue weighted by atomic mass is 9.87. The summed E-state index contributed by atoms with van der Waals surface area (Å²) in [4.78, 5) is 8.09. The lowest BCUT2D eigenvalue weighted by Gasteiger charge is -2.34. The number of hydrogen-bond acceptors (Lipinski definition) is 6. The van der Waals surface area contributed by atoms with Crippen molar-refractivity contribution in [2.45, 2.75) is 10.9 Å². The Bertz CT molecular complexity index is 1010. The first kappa shape index (κ1) is 19.5. The lowest BCUT2D eigenvalue weighted by molar-refractivity contribution is -0.420. The minimum Gasteiger partial charge on any atom is -0.282 e. The summed E-state index contributed by atoms with van der Waals surface area (Å²) in [6.07, 6.45) is 0.334. The van der Waals surface area contributed by atoms with Crippen LogP contribution in [0.25, 0.3) is 0 Å². The van der Waals surface area contributed by atoms with Gasteiger partial charge in [-0.1, -0.05) is 41.9 Å². The SMILES string of the molecule is NS(=O)(=O)C1C(Cl)=CC([N+](=O)[O-])=C(S(=O)(=O)O)C1(F)c1ccccc1. The lowest BCUT2D eigenvalue weighted by Crippen LogP contribution is -2.50. The second-order valence-corrected chi connectivity index (χ2v) is 8.47. The Labute approximate surface area is 146 Å². The van der Waals surface area contributed by atoms with E-state index in [1.54, 1.807) is 0 Å². The minimum atomic E-state index is -5.55. The number of sulfonamides is 1. The molecule has 2 rings (SSSR count). The molecule has 9 nitrogen and oxygen atoms in total. The van der Waals surface area contributed by atoms with Gasteiger partial charge in [0.25, 0.3) is 5.70 Å². The molecular weight excluding hydrogens is 403 g/mol. The molecule has 2 unspecified atom stereocenters. The van der Waals surface area contributed by atoms with Crippen LogP contribution < -0.4 is 5.14 Å². The Kier molecular flexibility index (Phi) is 4.78. The van der Waals surface area contributed by atoms with E-state index in [4.69, 9.17) is 16.7 Å². The van der Waals surface area contributed by atoms with E-state index in [9.17, 15) is 31.5 Å². The molecule has 3 N–H and O–H groups in total. The van der Waals surface area contributed by atoms with Gasteiger partial charge >= 0.3 is 10.1 Å². The van der Waals surface area contributed by atoms with Crippen LogP contribution in [0.2, 0.25) is 0 Å². The Morgan fingerprint density at radius 2 is 1.76 bits per heavy atom. The molecule has 1 aliphatic carbocycles. The maximum absolute atomic E-state index is 16.0. The molecule has 0 radical (unpaired) electrons. The van der Waals surface area contributed by atoms with Crippen LogP contribution >= 0.6 is 11.6 Å². The maximum atomic E-state index is 16.0. The van der Waals surface area contributed by atoms with Crippen LogP contribution in [0.3, 0.4) is 0 Å². The van der Waals surface area contributed by atoms with Crippen molar-refractivity contribution in [2.24, 2.45) is 5.14 Å². The summed E-state index contributed by atoms with van der Waals surface area (Å²) in [6.45, 7) is 0. The third-order valence-corrected chi connectivity index (χ3v) is 6.14. The highest BCUT2D eigenvalue weighted by Gasteiger charge is 2.61. The van der Waals surface area contributed by atoms with Gasteiger partial charge in [-0.3, -0.25) is 14.7 Å². The standard InChI is InChI=1S/C12H10ClFN2O7S2/c13-8-6-9(16(17)18)11(25(21,22)23)12(14,10(8)24(15,19)20)7-4-2-1-3-5-7/h1-6,10H,(H2,15,19,20)(H,21,22,23). The van der Waals surface area contributed by atoms with E-state index < -0.39 is 57.2 Å². The van der Waals surface area contributed by atoms with Crippen molar-refractivity contribution in [3.8, 4) is 0 Å². The first-order chi connectivity index (χ1) is 11.3. The predicted molar refractivity (Wildman–Crippen MR) is 85.6 cm³/mol. The van der Waals surface area contributed by atoms with Crippen molar-refractivity contribution in [1.82, 2.24) is 0 Å². The average Bonchev–Trinajstić information content (AvgIpc) is 2.44. The van der Waals surface area contributed by atoms with Crippen LogP contribution in [0.4, 0.5) is 4.39 Å². The number of hydrogen-bond donors (Lipinski definition) is 2. The molecule has 136 valence electrons. The summed E-state index contributed by atoms with van der Waals surface area (Å²) in [5.41, 5.74) is -5.62. The Morgan fingerprint density at radius 1 is 1.24 bits per heavy atom. The molecule has 0 saturated carbocycles. The van der Waals surface area contributed by atoms with Crippen LogP contribution in [-0.4, -0.2) is 31.6 Å². The normalized spacial score (nSPS) is 24.8. The van der Waals surface area contributed by atoms with Gasteiger partial charge in [0.05, 0.1) is 4.92 Å². The Morgan fingerprint density at radius 3 is 2.16 bits per heavy atom. The molecule has 0 aliphatic heterocycles. The Balaban J connectivity index is 3.07. The molecule has 0 spiro atoms. The zero-order chi connectivity index (χ0) is 19.2. The number of nitrogens with zero attached hydrogens (tertiary/aromatic N) is 1.